The highest BCUT2D eigenvalue weighted by Gasteiger charge is 2.22. The normalized spacial score (nSPS) is 11.6. The van der Waals surface area contributed by atoms with Gasteiger partial charge in [0.2, 0.25) is 5.91 Å². The molecule has 0 aliphatic carbocycles. The van der Waals surface area contributed by atoms with Crippen LogP contribution in [-0.4, -0.2) is 47.5 Å². The highest BCUT2D eigenvalue weighted by molar-refractivity contribution is 7.22. The number of carbonyl (C=O) groups is 1. The molecule has 0 N–H and O–H groups in total. The Kier molecular flexibility index (Phi) is 5.90. The highest BCUT2D eigenvalue weighted by atomic mass is 35.5. The van der Waals surface area contributed by atoms with Crippen LogP contribution in [0, 0.1) is 0 Å². The summed E-state index contributed by atoms with van der Waals surface area (Å²) in [6.45, 7) is 1.21. The van der Waals surface area contributed by atoms with Crippen molar-refractivity contribution in [1.82, 2.24) is 14.5 Å². The lowest BCUT2D eigenvalue weighted by Crippen LogP contribution is -2.37. The molecular formula is C21H21ClN4O3S. The Hall–Kier alpha value is -2.68. The Morgan fingerprint density at radius 3 is 2.80 bits per heavy atom. The van der Waals surface area contributed by atoms with Crippen molar-refractivity contribution in [3.63, 3.8) is 0 Å². The van der Waals surface area contributed by atoms with E-state index >= 15 is 0 Å². The summed E-state index contributed by atoms with van der Waals surface area (Å²) in [4.78, 5) is 33.9. The Morgan fingerprint density at radius 1 is 1.20 bits per heavy atom. The number of fused-ring (bicyclic) bond motifs is 2. The Bertz CT molecular complexity index is 1260. The molecule has 1 amide bonds. The van der Waals surface area contributed by atoms with Gasteiger partial charge < -0.3 is 9.32 Å². The minimum absolute atomic E-state index is 0.117. The second-order valence-corrected chi connectivity index (χ2v) is 8.68. The maximum absolute atomic E-state index is 13.3. The van der Waals surface area contributed by atoms with E-state index in [0.29, 0.717) is 27.8 Å². The number of hydrogen-bond acceptors (Lipinski definition) is 6. The standard InChI is InChI=1S/C21H21ClN4O3S/c1-24(2)10-5-11-25(20-23-15-9-8-14(22)12-18(15)30-20)19(27)13-26-16-6-3-4-7-17(16)29-21(26)28/h3-4,6-9,12H,5,10-11,13H2,1-2H3. The van der Waals surface area contributed by atoms with E-state index in [1.807, 2.05) is 32.3 Å². The molecule has 7 nitrogen and oxygen atoms in total. The molecular weight excluding hydrogens is 424 g/mol. The molecule has 0 aliphatic rings. The molecule has 0 saturated carbocycles. The third kappa shape index (κ3) is 4.26. The van der Waals surface area contributed by atoms with E-state index in [-0.39, 0.29) is 12.5 Å². The second-order valence-electron chi connectivity index (χ2n) is 7.23. The minimum Gasteiger partial charge on any atom is -0.408 e. The molecule has 0 radical (unpaired) electrons. The molecule has 4 aromatic rings. The number of nitrogens with zero attached hydrogens (tertiary/aromatic N) is 4. The van der Waals surface area contributed by atoms with Gasteiger partial charge in [-0.2, -0.15) is 0 Å². The summed E-state index contributed by atoms with van der Waals surface area (Å²) in [7, 11) is 3.98. The van der Waals surface area contributed by atoms with Gasteiger partial charge in [-0.15, -0.1) is 0 Å². The first-order chi connectivity index (χ1) is 14.4. The smallest absolute Gasteiger partial charge is 0.408 e. The fourth-order valence-corrected chi connectivity index (χ4v) is 4.54. The van der Waals surface area contributed by atoms with Crippen LogP contribution in [0.15, 0.2) is 51.7 Å². The first kappa shape index (κ1) is 20.6. The number of anilines is 1. The molecule has 30 heavy (non-hydrogen) atoms. The second kappa shape index (κ2) is 8.59. The molecule has 0 atom stereocenters. The number of hydrogen-bond donors (Lipinski definition) is 0. The van der Waals surface area contributed by atoms with E-state index in [1.165, 1.54) is 15.9 Å². The van der Waals surface area contributed by atoms with Crippen LogP contribution in [0.4, 0.5) is 5.13 Å². The van der Waals surface area contributed by atoms with Gasteiger partial charge in [0.05, 0.1) is 15.7 Å². The first-order valence-electron chi connectivity index (χ1n) is 9.52. The molecule has 0 aliphatic heterocycles. The topological polar surface area (TPSA) is 71.6 Å². The lowest BCUT2D eigenvalue weighted by Gasteiger charge is -2.21. The Morgan fingerprint density at radius 2 is 2.00 bits per heavy atom. The van der Waals surface area contributed by atoms with Crippen LogP contribution in [0.25, 0.3) is 21.3 Å². The van der Waals surface area contributed by atoms with Crippen LogP contribution >= 0.6 is 22.9 Å². The number of para-hydroxylation sites is 2. The van der Waals surface area contributed by atoms with Gasteiger partial charge in [0.15, 0.2) is 10.7 Å². The Balaban J connectivity index is 1.66. The molecule has 2 aromatic carbocycles. The highest BCUT2D eigenvalue weighted by Crippen LogP contribution is 2.31. The molecule has 0 saturated heterocycles. The van der Waals surface area contributed by atoms with Crippen molar-refractivity contribution in [2.24, 2.45) is 0 Å². The summed E-state index contributed by atoms with van der Waals surface area (Å²) in [6, 6.07) is 12.5. The van der Waals surface area contributed by atoms with Crippen LogP contribution < -0.4 is 10.7 Å². The number of rotatable bonds is 7. The molecule has 0 unspecified atom stereocenters. The molecule has 0 bridgehead atoms. The molecule has 2 heterocycles. The van der Waals surface area contributed by atoms with Gasteiger partial charge in [0, 0.05) is 11.6 Å². The quantitative estimate of drug-likeness (QED) is 0.433. The predicted molar refractivity (Wildman–Crippen MR) is 121 cm³/mol. The summed E-state index contributed by atoms with van der Waals surface area (Å²) in [5.41, 5.74) is 1.85. The number of amides is 1. The first-order valence-corrected chi connectivity index (χ1v) is 10.7. The maximum Gasteiger partial charge on any atom is 0.420 e. The van der Waals surface area contributed by atoms with Crippen molar-refractivity contribution in [2.75, 3.05) is 32.1 Å². The van der Waals surface area contributed by atoms with Crippen molar-refractivity contribution in [1.29, 1.82) is 0 Å². The van der Waals surface area contributed by atoms with E-state index in [9.17, 15) is 9.59 Å². The van der Waals surface area contributed by atoms with E-state index < -0.39 is 5.76 Å². The van der Waals surface area contributed by atoms with E-state index in [4.69, 9.17) is 16.0 Å². The fraction of sp³-hybridized carbons (Fsp3) is 0.286. The van der Waals surface area contributed by atoms with E-state index in [0.717, 1.165) is 23.2 Å². The van der Waals surface area contributed by atoms with Gasteiger partial charge >= 0.3 is 5.76 Å². The lowest BCUT2D eigenvalue weighted by molar-refractivity contribution is -0.119. The summed E-state index contributed by atoms with van der Waals surface area (Å²) < 4.78 is 7.53. The van der Waals surface area contributed by atoms with Crippen LogP contribution in [-0.2, 0) is 11.3 Å². The van der Waals surface area contributed by atoms with Crippen LogP contribution in [0.2, 0.25) is 5.02 Å². The largest absolute Gasteiger partial charge is 0.420 e. The van der Waals surface area contributed by atoms with E-state index in [2.05, 4.69) is 9.88 Å². The van der Waals surface area contributed by atoms with Crippen molar-refractivity contribution >= 4 is 55.3 Å². The third-order valence-corrected chi connectivity index (χ3v) is 6.00. The molecule has 4 rings (SSSR count). The maximum atomic E-state index is 13.3. The zero-order valence-electron chi connectivity index (χ0n) is 16.7. The van der Waals surface area contributed by atoms with Crippen LogP contribution in [0.1, 0.15) is 6.42 Å². The molecule has 0 spiro atoms. The van der Waals surface area contributed by atoms with Gasteiger partial charge in [0.1, 0.15) is 6.54 Å². The third-order valence-electron chi connectivity index (χ3n) is 4.73. The number of oxazole rings is 1. The van der Waals surface area contributed by atoms with Gasteiger partial charge in [-0.05, 0) is 57.4 Å². The zero-order valence-corrected chi connectivity index (χ0v) is 18.2. The van der Waals surface area contributed by atoms with Gasteiger partial charge in [-0.1, -0.05) is 35.1 Å². The average molecular weight is 445 g/mol. The fourth-order valence-electron chi connectivity index (χ4n) is 3.26. The average Bonchev–Trinajstić information content (AvgIpc) is 3.25. The minimum atomic E-state index is -0.547. The molecule has 9 heteroatoms. The molecule has 156 valence electrons. The summed E-state index contributed by atoms with van der Waals surface area (Å²) in [5, 5.41) is 1.22. The van der Waals surface area contributed by atoms with E-state index in [1.54, 1.807) is 29.2 Å². The van der Waals surface area contributed by atoms with Crippen molar-refractivity contribution in [3.8, 4) is 0 Å². The summed E-state index contributed by atoms with van der Waals surface area (Å²) >= 11 is 7.51. The van der Waals surface area contributed by atoms with Gasteiger partial charge in [0.25, 0.3) is 0 Å². The zero-order chi connectivity index (χ0) is 21.3. The molecule has 2 aromatic heterocycles. The van der Waals surface area contributed by atoms with Crippen LogP contribution in [0.5, 0.6) is 0 Å². The number of benzene rings is 2. The van der Waals surface area contributed by atoms with Gasteiger partial charge in [-0.3, -0.25) is 14.3 Å². The summed E-state index contributed by atoms with van der Waals surface area (Å²) in [6.07, 6.45) is 0.774. The van der Waals surface area contributed by atoms with Crippen molar-refractivity contribution < 1.29 is 9.21 Å². The summed E-state index contributed by atoms with van der Waals surface area (Å²) in [5.74, 6) is -0.763. The number of carbonyl (C=O) groups excluding carboxylic acids is 1. The SMILES string of the molecule is CN(C)CCCN(C(=O)Cn1c(=O)oc2ccccc21)c1nc2ccc(Cl)cc2s1. The number of thiazole rings is 1. The van der Waals surface area contributed by atoms with Crippen molar-refractivity contribution in [2.45, 2.75) is 13.0 Å². The van der Waals surface area contributed by atoms with Crippen molar-refractivity contribution in [3.05, 3.63) is 58.0 Å². The van der Waals surface area contributed by atoms with Gasteiger partial charge in [-0.25, -0.2) is 9.78 Å². The Labute approximate surface area is 182 Å². The molecule has 0 fully saturated rings. The monoisotopic (exact) mass is 444 g/mol. The lowest BCUT2D eigenvalue weighted by atomic mass is 10.3. The number of aromatic nitrogens is 2. The predicted octanol–water partition coefficient (Wildman–Crippen LogP) is 3.84. The van der Waals surface area contributed by atoms with Crippen LogP contribution in [0.3, 0.4) is 0 Å². The number of halogens is 1.